The van der Waals surface area contributed by atoms with E-state index in [0.717, 1.165) is 25.7 Å². The summed E-state index contributed by atoms with van der Waals surface area (Å²) < 4.78 is 29.7. The molecular weight excluding hydrogens is 436 g/mol. The van der Waals surface area contributed by atoms with E-state index in [-0.39, 0.29) is 29.8 Å². The van der Waals surface area contributed by atoms with E-state index in [1.807, 2.05) is 20.8 Å². The number of carbonyl (C=O) groups excluding carboxylic acids is 3. The lowest BCUT2D eigenvalue weighted by molar-refractivity contribution is -0.121. The van der Waals surface area contributed by atoms with Crippen molar-refractivity contribution in [2.45, 2.75) is 95.1 Å². The summed E-state index contributed by atoms with van der Waals surface area (Å²) in [4.78, 5) is 34.9. The molecule has 2 fully saturated rings. The number of fused-ring (bicyclic) bond motifs is 1. The number of amides is 4. The van der Waals surface area contributed by atoms with Crippen molar-refractivity contribution < 1.29 is 27.5 Å². The lowest BCUT2D eigenvalue weighted by Crippen LogP contribution is -2.39. The monoisotopic (exact) mass is 474 g/mol. The highest BCUT2D eigenvalue weighted by atomic mass is 32.2. The summed E-state index contributed by atoms with van der Waals surface area (Å²) in [5.74, 6) is -0.0434. The van der Waals surface area contributed by atoms with Gasteiger partial charge in [-0.25, -0.2) is 18.0 Å². The molecule has 4 N–H and O–H groups in total. The molecular formula is C21H38N4O6S. The zero-order chi connectivity index (χ0) is 23.8. The van der Waals surface area contributed by atoms with E-state index in [0.29, 0.717) is 38.8 Å². The second-order valence-corrected chi connectivity index (χ2v) is 11.8. The molecule has 0 saturated carbocycles. The molecule has 10 nitrogen and oxygen atoms in total. The minimum Gasteiger partial charge on any atom is -0.444 e. The minimum atomic E-state index is -3.22. The van der Waals surface area contributed by atoms with Gasteiger partial charge in [0.15, 0.2) is 9.84 Å². The first-order valence-corrected chi connectivity index (χ1v) is 13.2. The van der Waals surface area contributed by atoms with E-state index in [9.17, 15) is 22.8 Å². The van der Waals surface area contributed by atoms with Crippen LogP contribution in [0.2, 0.25) is 0 Å². The van der Waals surface area contributed by atoms with E-state index in [1.165, 1.54) is 0 Å². The second kappa shape index (κ2) is 11.7. The van der Waals surface area contributed by atoms with Crippen molar-refractivity contribution in [2.24, 2.45) is 0 Å². The normalized spacial score (nSPS) is 23.7. The van der Waals surface area contributed by atoms with Gasteiger partial charge in [-0.2, -0.15) is 0 Å². The average Bonchev–Trinajstić information content (AvgIpc) is 3.11. The van der Waals surface area contributed by atoms with Crippen molar-refractivity contribution in [1.29, 1.82) is 0 Å². The predicted molar refractivity (Wildman–Crippen MR) is 121 cm³/mol. The van der Waals surface area contributed by atoms with Crippen LogP contribution in [0, 0.1) is 0 Å². The van der Waals surface area contributed by atoms with Crippen LogP contribution in [0.25, 0.3) is 0 Å². The molecule has 4 amide bonds. The van der Waals surface area contributed by atoms with Gasteiger partial charge in [-0.1, -0.05) is 19.3 Å². The number of rotatable bonds is 12. The molecule has 1 unspecified atom stereocenters. The molecule has 11 heteroatoms. The largest absolute Gasteiger partial charge is 0.444 e. The highest BCUT2D eigenvalue weighted by molar-refractivity contribution is 7.92. The molecule has 2 heterocycles. The summed E-state index contributed by atoms with van der Waals surface area (Å²) in [5, 5.41) is 10.4. The molecule has 0 aliphatic carbocycles. The zero-order valence-corrected chi connectivity index (χ0v) is 20.2. The van der Waals surface area contributed by atoms with E-state index in [2.05, 4.69) is 21.3 Å². The quantitative estimate of drug-likeness (QED) is 0.250. The maximum absolute atomic E-state index is 12.3. The fourth-order valence-corrected chi connectivity index (χ4v) is 6.33. The Hall–Kier alpha value is -2.04. The van der Waals surface area contributed by atoms with Crippen LogP contribution >= 0.6 is 0 Å². The number of carbonyl (C=O) groups is 3. The van der Waals surface area contributed by atoms with Gasteiger partial charge in [0.25, 0.3) is 0 Å². The molecule has 0 aromatic rings. The van der Waals surface area contributed by atoms with E-state index < -0.39 is 26.8 Å². The number of alkyl carbamates (subject to hydrolysis) is 1. The average molecular weight is 475 g/mol. The third-order valence-electron chi connectivity index (χ3n) is 5.56. The number of sulfone groups is 1. The number of unbranched alkanes of at least 4 members (excludes halogenated alkanes) is 4. The van der Waals surface area contributed by atoms with Gasteiger partial charge in [0, 0.05) is 19.5 Å². The van der Waals surface area contributed by atoms with Gasteiger partial charge >= 0.3 is 12.1 Å². The molecule has 0 aromatic carbocycles. The van der Waals surface area contributed by atoms with Gasteiger partial charge < -0.3 is 26.0 Å². The van der Waals surface area contributed by atoms with Crippen molar-refractivity contribution in [3.05, 3.63) is 0 Å². The second-order valence-electron chi connectivity index (χ2n) is 9.56. The summed E-state index contributed by atoms with van der Waals surface area (Å²) >= 11 is 0. The lowest BCUT2D eigenvalue weighted by Gasteiger charge is -2.19. The molecule has 2 aliphatic rings. The lowest BCUT2D eigenvalue weighted by atomic mass is 10.0. The van der Waals surface area contributed by atoms with Crippen molar-refractivity contribution in [1.82, 2.24) is 21.3 Å². The molecule has 0 radical (unpaired) electrons. The Morgan fingerprint density at radius 2 is 1.66 bits per heavy atom. The third kappa shape index (κ3) is 8.84. The Balaban J connectivity index is 1.46. The Labute approximate surface area is 190 Å². The molecule has 2 saturated heterocycles. The van der Waals surface area contributed by atoms with Gasteiger partial charge in [0.2, 0.25) is 5.91 Å². The van der Waals surface area contributed by atoms with Crippen molar-refractivity contribution in [2.75, 3.05) is 18.8 Å². The van der Waals surface area contributed by atoms with Crippen LogP contribution in [0.1, 0.15) is 72.1 Å². The Morgan fingerprint density at radius 1 is 1.00 bits per heavy atom. The SMILES string of the molecule is CC(C)(C)OC(=O)NCCCCCCNC(=O)CCCC[C@H]1[C@H]2NC(=O)NC2CS1(=O)=O. The summed E-state index contributed by atoms with van der Waals surface area (Å²) in [5.41, 5.74) is -0.495. The summed E-state index contributed by atoms with van der Waals surface area (Å²) in [6.07, 6.45) is 5.30. The Kier molecular flexibility index (Phi) is 9.60. The number of urea groups is 1. The number of hydrogen-bond donors (Lipinski definition) is 4. The van der Waals surface area contributed by atoms with Gasteiger partial charge in [0.05, 0.1) is 23.1 Å². The van der Waals surface area contributed by atoms with Crippen LogP contribution in [-0.2, 0) is 19.4 Å². The fraction of sp³-hybridized carbons (Fsp3) is 0.857. The van der Waals surface area contributed by atoms with E-state index >= 15 is 0 Å². The number of hydrogen-bond acceptors (Lipinski definition) is 6. The van der Waals surface area contributed by atoms with Gasteiger partial charge in [-0.05, 0) is 46.5 Å². The van der Waals surface area contributed by atoms with Crippen LogP contribution < -0.4 is 21.3 Å². The highest BCUT2D eigenvalue weighted by Gasteiger charge is 2.51. The van der Waals surface area contributed by atoms with Crippen LogP contribution in [0.5, 0.6) is 0 Å². The number of ether oxygens (including phenoxy) is 1. The summed E-state index contributed by atoms with van der Waals surface area (Å²) in [6.45, 7) is 6.65. The third-order valence-corrected chi connectivity index (χ3v) is 7.83. The van der Waals surface area contributed by atoms with Gasteiger partial charge in [-0.15, -0.1) is 0 Å². The predicted octanol–water partition coefficient (Wildman–Crippen LogP) is 1.60. The van der Waals surface area contributed by atoms with Crippen LogP contribution in [-0.4, -0.2) is 68.2 Å². The molecule has 0 spiro atoms. The molecule has 184 valence electrons. The smallest absolute Gasteiger partial charge is 0.407 e. The van der Waals surface area contributed by atoms with Crippen LogP contribution in [0.4, 0.5) is 9.59 Å². The zero-order valence-electron chi connectivity index (χ0n) is 19.4. The Bertz CT molecular complexity index is 765. The van der Waals surface area contributed by atoms with Crippen LogP contribution in [0.15, 0.2) is 0 Å². The number of nitrogens with one attached hydrogen (secondary N) is 4. The Morgan fingerprint density at radius 3 is 2.31 bits per heavy atom. The van der Waals surface area contributed by atoms with E-state index in [4.69, 9.17) is 4.74 Å². The van der Waals surface area contributed by atoms with E-state index in [1.54, 1.807) is 0 Å². The summed E-state index contributed by atoms with van der Waals surface area (Å²) in [7, 11) is -3.22. The molecule has 32 heavy (non-hydrogen) atoms. The molecule has 2 rings (SSSR count). The highest BCUT2D eigenvalue weighted by Crippen LogP contribution is 2.28. The van der Waals surface area contributed by atoms with Gasteiger partial charge in [0.1, 0.15) is 5.60 Å². The minimum absolute atomic E-state index is 0.0153. The van der Waals surface area contributed by atoms with Crippen molar-refractivity contribution >= 4 is 27.9 Å². The first-order valence-electron chi connectivity index (χ1n) is 11.5. The standard InChI is InChI=1S/C21H38N4O6S/c1-21(2,3)31-20(28)23-13-9-5-4-8-12-22-17(26)11-7-6-10-16-18-15(14-32(16,29)30)24-19(27)25-18/h15-16,18H,4-14H2,1-3H3,(H,22,26)(H,23,28)(H2,24,25,27)/t15?,16-,18-/m0/s1. The van der Waals surface area contributed by atoms with Crippen LogP contribution in [0.3, 0.4) is 0 Å². The van der Waals surface area contributed by atoms with Crippen molar-refractivity contribution in [3.8, 4) is 0 Å². The maximum atomic E-state index is 12.3. The fourth-order valence-electron chi connectivity index (χ4n) is 4.06. The van der Waals surface area contributed by atoms with Crippen molar-refractivity contribution in [3.63, 3.8) is 0 Å². The summed E-state index contributed by atoms with van der Waals surface area (Å²) in [6, 6.07) is -1.01. The molecule has 0 bridgehead atoms. The maximum Gasteiger partial charge on any atom is 0.407 e. The molecule has 0 aromatic heterocycles. The molecule has 2 aliphatic heterocycles. The molecule has 3 atom stereocenters. The topological polar surface area (TPSA) is 143 Å². The first-order chi connectivity index (χ1) is 15.0. The first kappa shape index (κ1) is 26.2. The van der Waals surface area contributed by atoms with Gasteiger partial charge in [-0.3, -0.25) is 4.79 Å².